The van der Waals surface area contributed by atoms with E-state index in [2.05, 4.69) is 46.8 Å². The molecule has 2 nitrogen and oxygen atoms in total. The fraction of sp³-hybridized carbons (Fsp3) is 0.400. The van der Waals surface area contributed by atoms with Gasteiger partial charge in [-0.3, -0.25) is 0 Å². The van der Waals surface area contributed by atoms with E-state index in [9.17, 15) is 0 Å². The van der Waals surface area contributed by atoms with Gasteiger partial charge in [0.05, 0.1) is 0 Å². The Morgan fingerprint density at radius 3 is 2.88 bits per heavy atom. The van der Waals surface area contributed by atoms with Gasteiger partial charge in [0, 0.05) is 30.8 Å². The van der Waals surface area contributed by atoms with Crippen LogP contribution in [0.3, 0.4) is 0 Å². The van der Waals surface area contributed by atoms with E-state index in [1.165, 1.54) is 29.9 Å². The Labute approximate surface area is 102 Å². The van der Waals surface area contributed by atoms with Crippen LogP contribution in [0, 0.1) is 6.92 Å². The highest BCUT2D eigenvalue weighted by Crippen LogP contribution is 2.28. The van der Waals surface area contributed by atoms with Crippen molar-refractivity contribution in [2.24, 2.45) is 0 Å². The molecule has 1 aliphatic heterocycles. The molecular weight excluding hydrogens is 208 g/mol. The summed E-state index contributed by atoms with van der Waals surface area (Å²) in [5.74, 6) is 1.91. The molecule has 0 spiro atoms. The van der Waals surface area contributed by atoms with Crippen LogP contribution in [0.4, 0.5) is 0 Å². The largest absolute Gasteiger partial charge is 0.332 e. The van der Waals surface area contributed by atoms with Crippen LogP contribution in [-0.4, -0.2) is 9.55 Å². The van der Waals surface area contributed by atoms with Gasteiger partial charge in [-0.25, -0.2) is 4.98 Å². The Morgan fingerprint density at radius 1 is 1.24 bits per heavy atom. The Hall–Kier alpha value is -1.57. The molecule has 0 aliphatic carbocycles. The highest BCUT2D eigenvalue weighted by molar-refractivity contribution is 5.20. The molecule has 17 heavy (non-hydrogen) atoms. The van der Waals surface area contributed by atoms with Gasteiger partial charge in [0.2, 0.25) is 0 Å². The molecule has 1 aromatic carbocycles. The van der Waals surface area contributed by atoms with Crippen LogP contribution in [0.5, 0.6) is 0 Å². The molecule has 0 N–H and O–H groups in total. The quantitative estimate of drug-likeness (QED) is 0.729. The first kappa shape index (κ1) is 10.6. The van der Waals surface area contributed by atoms with Crippen LogP contribution >= 0.6 is 0 Å². The highest BCUT2D eigenvalue weighted by atomic mass is 15.1. The standard InChI is InChI=1S/C15H18N2/c1-12-10-16-15-9-5-8-14(11-17(12)15)13-6-3-2-4-7-13/h2-4,6-7,10,14H,5,8-9,11H2,1H3. The predicted molar refractivity (Wildman–Crippen MR) is 69.1 cm³/mol. The lowest BCUT2D eigenvalue weighted by atomic mass is 9.94. The molecule has 0 saturated carbocycles. The topological polar surface area (TPSA) is 17.8 Å². The second-order valence-electron chi connectivity index (χ2n) is 4.93. The molecule has 1 unspecified atom stereocenters. The molecule has 2 heterocycles. The lowest BCUT2D eigenvalue weighted by Gasteiger charge is -2.16. The predicted octanol–water partition coefficient (Wildman–Crippen LogP) is 3.31. The molecule has 0 radical (unpaired) electrons. The Kier molecular flexibility index (Phi) is 2.71. The zero-order chi connectivity index (χ0) is 11.7. The van der Waals surface area contributed by atoms with Crippen molar-refractivity contribution in [3.05, 3.63) is 53.6 Å². The summed E-state index contributed by atoms with van der Waals surface area (Å²) in [5, 5.41) is 0. The van der Waals surface area contributed by atoms with Gasteiger partial charge in [-0.15, -0.1) is 0 Å². The van der Waals surface area contributed by atoms with E-state index in [0.29, 0.717) is 5.92 Å². The summed E-state index contributed by atoms with van der Waals surface area (Å²) >= 11 is 0. The molecule has 0 amide bonds. The lowest BCUT2D eigenvalue weighted by molar-refractivity contribution is 0.537. The van der Waals surface area contributed by atoms with Gasteiger partial charge in [-0.05, 0) is 25.3 Å². The molecule has 1 aromatic heterocycles. The van der Waals surface area contributed by atoms with Crippen LogP contribution < -0.4 is 0 Å². The average Bonchev–Trinajstić information content (AvgIpc) is 2.61. The molecule has 0 saturated heterocycles. The zero-order valence-electron chi connectivity index (χ0n) is 10.3. The Morgan fingerprint density at radius 2 is 2.06 bits per heavy atom. The Balaban J connectivity index is 1.92. The van der Waals surface area contributed by atoms with Crippen LogP contribution in [0.2, 0.25) is 0 Å². The maximum absolute atomic E-state index is 4.51. The summed E-state index contributed by atoms with van der Waals surface area (Å²) in [6.45, 7) is 3.25. The molecule has 1 atom stereocenters. The van der Waals surface area contributed by atoms with Crippen molar-refractivity contribution < 1.29 is 0 Å². The first-order chi connectivity index (χ1) is 8.34. The molecule has 2 aromatic rings. The van der Waals surface area contributed by atoms with Crippen LogP contribution in [0.25, 0.3) is 0 Å². The van der Waals surface area contributed by atoms with Gasteiger partial charge in [0.1, 0.15) is 5.82 Å². The lowest BCUT2D eigenvalue weighted by Crippen LogP contribution is -2.09. The number of fused-ring (bicyclic) bond motifs is 1. The maximum atomic E-state index is 4.51. The van der Waals surface area contributed by atoms with Gasteiger partial charge < -0.3 is 4.57 Å². The molecule has 0 fully saturated rings. The van der Waals surface area contributed by atoms with E-state index in [1.54, 1.807) is 0 Å². The van der Waals surface area contributed by atoms with Crippen molar-refractivity contribution in [2.75, 3.05) is 0 Å². The number of nitrogens with zero attached hydrogens (tertiary/aromatic N) is 2. The minimum absolute atomic E-state index is 0.644. The summed E-state index contributed by atoms with van der Waals surface area (Å²) in [5.41, 5.74) is 2.76. The van der Waals surface area contributed by atoms with Crippen molar-refractivity contribution in [2.45, 2.75) is 38.6 Å². The summed E-state index contributed by atoms with van der Waals surface area (Å²) in [6, 6.07) is 10.9. The van der Waals surface area contributed by atoms with Crippen molar-refractivity contribution in [3.63, 3.8) is 0 Å². The highest BCUT2D eigenvalue weighted by Gasteiger charge is 2.19. The van der Waals surface area contributed by atoms with Gasteiger partial charge in [-0.1, -0.05) is 30.3 Å². The third kappa shape index (κ3) is 1.99. The first-order valence-electron chi connectivity index (χ1n) is 6.40. The van der Waals surface area contributed by atoms with Crippen LogP contribution in [0.1, 0.15) is 35.8 Å². The van der Waals surface area contributed by atoms with Crippen LogP contribution in [0.15, 0.2) is 36.5 Å². The third-order valence-corrected chi connectivity index (χ3v) is 3.76. The number of rotatable bonds is 1. The number of hydrogen-bond acceptors (Lipinski definition) is 1. The van der Waals surface area contributed by atoms with Gasteiger partial charge in [-0.2, -0.15) is 0 Å². The van der Waals surface area contributed by atoms with Crippen molar-refractivity contribution in [1.82, 2.24) is 9.55 Å². The van der Waals surface area contributed by atoms with E-state index in [-0.39, 0.29) is 0 Å². The molecular formula is C15H18N2. The molecule has 2 heteroatoms. The first-order valence-corrected chi connectivity index (χ1v) is 6.40. The monoisotopic (exact) mass is 226 g/mol. The summed E-state index contributed by atoms with van der Waals surface area (Å²) < 4.78 is 2.39. The molecule has 1 aliphatic rings. The van der Waals surface area contributed by atoms with Crippen LogP contribution in [-0.2, 0) is 13.0 Å². The second-order valence-corrected chi connectivity index (χ2v) is 4.93. The number of imidazole rings is 1. The van der Waals surface area contributed by atoms with Crippen molar-refractivity contribution in [3.8, 4) is 0 Å². The van der Waals surface area contributed by atoms with Gasteiger partial charge in [0.15, 0.2) is 0 Å². The van der Waals surface area contributed by atoms with E-state index >= 15 is 0 Å². The SMILES string of the molecule is Cc1cnc2n1CC(c1ccccc1)CCC2. The summed E-state index contributed by atoms with van der Waals surface area (Å²) in [4.78, 5) is 4.51. The van der Waals surface area contributed by atoms with Gasteiger partial charge >= 0.3 is 0 Å². The number of aryl methyl sites for hydroxylation is 2. The Bertz CT molecular complexity index is 499. The van der Waals surface area contributed by atoms with Crippen molar-refractivity contribution >= 4 is 0 Å². The van der Waals surface area contributed by atoms with Gasteiger partial charge in [0.25, 0.3) is 0 Å². The maximum Gasteiger partial charge on any atom is 0.108 e. The zero-order valence-corrected chi connectivity index (χ0v) is 10.3. The van der Waals surface area contributed by atoms with E-state index < -0.39 is 0 Å². The number of hydrogen-bond donors (Lipinski definition) is 0. The number of aromatic nitrogens is 2. The minimum atomic E-state index is 0.644. The fourth-order valence-electron chi connectivity index (χ4n) is 2.78. The minimum Gasteiger partial charge on any atom is -0.332 e. The molecule has 3 rings (SSSR count). The number of benzene rings is 1. The average molecular weight is 226 g/mol. The summed E-state index contributed by atoms with van der Waals surface area (Å²) in [6.07, 6.45) is 5.64. The van der Waals surface area contributed by atoms with E-state index in [0.717, 1.165) is 13.0 Å². The normalized spacial score (nSPS) is 19.7. The molecule has 88 valence electrons. The fourth-order valence-corrected chi connectivity index (χ4v) is 2.78. The smallest absolute Gasteiger partial charge is 0.108 e. The summed E-state index contributed by atoms with van der Waals surface area (Å²) in [7, 11) is 0. The van der Waals surface area contributed by atoms with E-state index in [4.69, 9.17) is 0 Å². The van der Waals surface area contributed by atoms with E-state index in [1.807, 2.05) is 6.20 Å². The second kappa shape index (κ2) is 4.36. The third-order valence-electron chi connectivity index (χ3n) is 3.76. The molecule has 0 bridgehead atoms. The van der Waals surface area contributed by atoms with Crippen molar-refractivity contribution in [1.29, 1.82) is 0 Å².